The average molecular weight is 497 g/mol. The summed E-state index contributed by atoms with van der Waals surface area (Å²) in [6, 6.07) is 13.8. The van der Waals surface area contributed by atoms with Crippen LogP contribution in [0.3, 0.4) is 0 Å². The third-order valence-corrected chi connectivity index (χ3v) is 5.93. The number of hydrogen-bond donors (Lipinski definition) is 3. The number of rotatable bonds is 8. The van der Waals surface area contributed by atoms with E-state index in [4.69, 9.17) is 11.6 Å². The van der Waals surface area contributed by atoms with E-state index < -0.39 is 17.6 Å². The average Bonchev–Trinajstić information content (AvgIpc) is 3.16. The van der Waals surface area contributed by atoms with E-state index in [0.29, 0.717) is 45.5 Å². The van der Waals surface area contributed by atoms with Gasteiger partial charge in [-0.05, 0) is 71.5 Å². The van der Waals surface area contributed by atoms with Gasteiger partial charge in [0.15, 0.2) is 0 Å². The predicted octanol–water partition coefficient (Wildman–Crippen LogP) is 7.18. The minimum Gasteiger partial charge on any atom is -0.477 e. The summed E-state index contributed by atoms with van der Waals surface area (Å²) >= 11 is 6.16. The lowest BCUT2D eigenvalue weighted by atomic mass is 9.95. The maximum atomic E-state index is 14.0. The number of anilines is 1. The van der Waals surface area contributed by atoms with Gasteiger partial charge >= 0.3 is 5.97 Å². The van der Waals surface area contributed by atoms with Crippen molar-refractivity contribution in [1.82, 2.24) is 4.98 Å². The van der Waals surface area contributed by atoms with Crippen molar-refractivity contribution in [3.05, 3.63) is 88.1 Å². The van der Waals surface area contributed by atoms with Crippen LogP contribution in [0.5, 0.6) is 0 Å². The molecule has 0 aliphatic rings. The lowest BCUT2D eigenvalue weighted by molar-refractivity contribution is -0.116. The van der Waals surface area contributed by atoms with Crippen LogP contribution < -0.4 is 5.32 Å². The number of hydrogen-bond acceptors (Lipinski definition) is 2. The number of benzene rings is 3. The normalized spacial score (nSPS) is 11.1. The highest BCUT2D eigenvalue weighted by molar-refractivity contribution is 6.30. The van der Waals surface area contributed by atoms with Crippen LogP contribution in [-0.2, 0) is 11.2 Å². The van der Waals surface area contributed by atoms with Crippen LogP contribution >= 0.6 is 11.6 Å². The number of nitrogens with one attached hydrogen (secondary N) is 2. The van der Waals surface area contributed by atoms with E-state index in [9.17, 15) is 23.5 Å². The Bertz CT molecular complexity index is 1410. The van der Waals surface area contributed by atoms with Crippen LogP contribution in [0.25, 0.3) is 22.0 Å². The number of aromatic nitrogens is 1. The van der Waals surface area contributed by atoms with Crippen LogP contribution in [-0.4, -0.2) is 22.0 Å². The molecule has 1 heterocycles. The molecule has 0 aliphatic heterocycles. The Morgan fingerprint density at radius 1 is 1.03 bits per heavy atom. The standard InChI is InChI=1S/C27H23ClF2N2O3/c1-2-3-7-23(33)32-25-24-18(8-15-5-4-6-19(28)9-15)10-16(13-22(24)31-26(25)27(34)35)17-11-20(29)14-21(30)12-17/h4-6,9-14,31H,2-3,7-8H2,1H3,(H,32,33)(H,34,35). The second-order valence-electron chi connectivity index (χ2n) is 8.35. The van der Waals surface area contributed by atoms with Gasteiger partial charge in [0.2, 0.25) is 5.91 Å². The van der Waals surface area contributed by atoms with Gasteiger partial charge in [-0.25, -0.2) is 13.6 Å². The van der Waals surface area contributed by atoms with Crippen molar-refractivity contribution < 1.29 is 23.5 Å². The zero-order chi connectivity index (χ0) is 25.1. The Kier molecular flexibility index (Phi) is 7.17. The molecule has 4 rings (SSSR count). The molecular weight excluding hydrogens is 474 g/mol. The highest BCUT2D eigenvalue weighted by Crippen LogP contribution is 2.37. The highest BCUT2D eigenvalue weighted by atomic mass is 35.5. The lowest BCUT2D eigenvalue weighted by Gasteiger charge is -2.12. The summed E-state index contributed by atoms with van der Waals surface area (Å²) in [6.45, 7) is 1.96. The van der Waals surface area contributed by atoms with Crippen LogP contribution in [0, 0.1) is 11.6 Å². The molecule has 0 atom stereocenters. The van der Waals surface area contributed by atoms with Crippen LogP contribution in [0.2, 0.25) is 5.02 Å². The van der Waals surface area contributed by atoms with E-state index in [0.717, 1.165) is 18.1 Å². The quantitative estimate of drug-likeness (QED) is 0.241. The van der Waals surface area contributed by atoms with Crippen molar-refractivity contribution in [3.63, 3.8) is 0 Å². The fourth-order valence-corrected chi connectivity index (χ4v) is 4.35. The Hall–Kier alpha value is -3.71. The summed E-state index contributed by atoms with van der Waals surface area (Å²) < 4.78 is 27.9. The second-order valence-corrected chi connectivity index (χ2v) is 8.79. The first-order chi connectivity index (χ1) is 16.7. The number of amides is 1. The van der Waals surface area contributed by atoms with Crippen LogP contribution in [0.15, 0.2) is 54.6 Å². The third kappa shape index (κ3) is 5.52. The maximum Gasteiger partial charge on any atom is 0.354 e. The van der Waals surface area contributed by atoms with E-state index in [1.54, 1.807) is 30.3 Å². The van der Waals surface area contributed by atoms with Crippen molar-refractivity contribution in [2.45, 2.75) is 32.6 Å². The summed E-state index contributed by atoms with van der Waals surface area (Å²) in [6.07, 6.45) is 2.09. The van der Waals surface area contributed by atoms with Crippen LogP contribution in [0.1, 0.15) is 47.8 Å². The van der Waals surface area contributed by atoms with Gasteiger partial charge < -0.3 is 15.4 Å². The van der Waals surface area contributed by atoms with Crippen molar-refractivity contribution in [2.75, 3.05) is 5.32 Å². The fraction of sp³-hybridized carbons (Fsp3) is 0.185. The number of H-pyrrole nitrogens is 1. The zero-order valence-corrected chi connectivity index (χ0v) is 19.7. The molecule has 0 aliphatic carbocycles. The Morgan fingerprint density at radius 3 is 2.40 bits per heavy atom. The number of carbonyl (C=O) groups excluding carboxylic acids is 1. The molecule has 8 heteroatoms. The molecule has 0 saturated heterocycles. The smallest absolute Gasteiger partial charge is 0.354 e. The Labute approximate surface area is 205 Å². The molecule has 0 bridgehead atoms. The van der Waals surface area contributed by atoms with Gasteiger partial charge in [0, 0.05) is 28.4 Å². The summed E-state index contributed by atoms with van der Waals surface area (Å²) in [4.78, 5) is 27.5. The van der Waals surface area contributed by atoms with Crippen molar-refractivity contribution in [3.8, 4) is 11.1 Å². The molecule has 0 fully saturated rings. The highest BCUT2D eigenvalue weighted by Gasteiger charge is 2.22. The van der Waals surface area contributed by atoms with E-state index >= 15 is 0 Å². The number of aromatic carboxylic acids is 1. The molecule has 5 nitrogen and oxygen atoms in total. The first kappa shape index (κ1) is 24.4. The van der Waals surface area contributed by atoms with Gasteiger partial charge in [-0.1, -0.05) is 37.1 Å². The molecule has 0 radical (unpaired) electrons. The first-order valence-corrected chi connectivity index (χ1v) is 11.6. The molecule has 180 valence electrons. The molecule has 1 aromatic heterocycles. The summed E-state index contributed by atoms with van der Waals surface area (Å²) in [5.41, 5.74) is 2.74. The molecule has 3 N–H and O–H groups in total. The van der Waals surface area contributed by atoms with Gasteiger partial charge in [-0.2, -0.15) is 0 Å². The number of carbonyl (C=O) groups is 2. The monoisotopic (exact) mass is 496 g/mol. The van der Waals surface area contributed by atoms with Crippen molar-refractivity contribution in [1.29, 1.82) is 0 Å². The number of halogens is 3. The van der Waals surface area contributed by atoms with Crippen LogP contribution in [0.4, 0.5) is 14.5 Å². The number of fused-ring (bicyclic) bond motifs is 1. The number of carboxylic acid groups (broad SMARTS) is 1. The molecule has 0 unspecified atom stereocenters. The fourth-order valence-electron chi connectivity index (χ4n) is 4.14. The molecule has 4 aromatic rings. The summed E-state index contributed by atoms with van der Waals surface area (Å²) in [5, 5.41) is 13.7. The van der Waals surface area contributed by atoms with E-state index in [-0.39, 0.29) is 23.7 Å². The molecule has 0 saturated carbocycles. The van der Waals surface area contributed by atoms with E-state index in [1.165, 1.54) is 12.1 Å². The van der Waals surface area contributed by atoms with Crippen molar-refractivity contribution >= 4 is 40.1 Å². The van der Waals surface area contributed by atoms with Gasteiger partial charge in [0.1, 0.15) is 17.3 Å². The molecule has 1 amide bonds. The molecule has 35 heavy (non-hydrogen) atoms. The van der Waals surface area contributed by atoms with Gasteiger partial charge in [0.25, 0.3) is 0 Å². The van der Waals surface area contributed by atoms with Gasteiger partial charge in [-0.15, -0.1) is 0 Å². The molecular formula is C27H23ClF2N2O3. The molecule has 3 aromatic carbocycles. The predicted molar refractivity (Wildman–Crippen MR) is 133 cm³/mol. The lowest BCUT2D eigenvalue weighted by Crippen LogP contribution is -2.14. The number of unbranched alkanes of at least 4 members (excludes halogenated alkanes) is 1. The SMILES string of the molecule is CCCCC(=O)Nc1c(C(=O)O)[nH]c2cc(-c3cc(F)cc(F)c3)cc(Cc3cccc(Cl)c3)c12. The number of aromatic amines is 1. The maximum absolute atomic E-state index is 14.0. The molecule has 0 spiro atoms. The number of carboxylic acids is 1. The Morgan fingerprint density at radius 2 is 1.74 bits per heavy atom. The first-order valence-electron chi connectivity index (χ1n) is 11.2. The second kappa shape index (κ2) is 10.3. The van der Waals surface area contributed by atoms with Crippen molar-refractivity contribution in [2.24, 2.45) is 0 Å². The van der Waals surface area contributed by atoms with E-state index in [2.05, 4.69) is 10.3 Å². The zero-order valence-electron chi connectivity index (χ0n) is 18.9. The topological polar surface area (TPSA) is 82.2 Å². The minimum atomic E-state index is -1.24. The third-order valence-electron chi connectivity index (χ3n) is 5.69. The van der Waals surface area contributed by atoms with Gasteiger partial charge in [-0.3, -0.25) is 4.79 Å². The minimum absolute atomic E-state index is 0.167. The Balaban J connectivity index is 1.94. The largest absolute Gasteiger partial charge is 0.477 e. The van der Waals surface area contributed by atoms with E-state index in [1.807, 2.05) is 13.0 Å². The summed E-state index contributed by atoms with van der Waals surface area (Å²) in [7, 11) is 0. The summed E-state index contributed by atoms with van der Waals surface area (Å²) in [5.74, 6) is -2.98. The van der Waals surface area contributed by atoms with Gasteiger partial charge in [0.05, 0.1) is 5.69 Å².